The number of amides is 1. The molecule has 1 amide bonds. The molecule has 0 aliphatic heterocycles. The number of anilines is 1. The Morgan fingerprint density at radius 2 is 2.06 bits per heavy atom. The number of hydrogen-bond acceptors (Lipinski definition) is 3. The molecule has 0 radical (unpaired) electrons. The van der Waals surface area contributed by atoms with Crippen molar-refractivity contribution in [3.05, 3.63) is 29.8 Å². The molecular weight excluding hydrogens is 202 g/mol. The van der Waals surface area contributed by atoms with Crippen molar-refractivity contribution in [3.8, 4) is 6.07 Å². The van der Waals surface area contributed by atoms with E-state index >= 15 is 0 Å². The lowest BCUT2D eigenvalue weighted by Crippen LogP contribution is -2.24. The highest BCUT2D eigenvalue weighted by Crippen LogP contribution is 2.07. The van der Waals surface area contributed by atoms with Gasteiger partial charge in [0.15, 0.2) is 0 Å². The molecule has 0 aliphatic carbocycles. The molecule has 0 bridgehead atoms. The van der Waals surface area contributed by atoms with E-state index < -0.39 is 0 Å². The summed E-state index contributed by atoms with van der Waals surface area (Å²) in [5.74, 6) is -0.0212. The van der Waals surface area contributed by atoms with Crippen molar-refractivity contribution in [1.82, 2.24) is 5.32 Å². The summed E-state index contributed by atoms with van der Waals surface area (Å²) in [5, 5.41) is 11.0. The van der Waals surface area contributed by atoms with Crippen molar-refractivity contribution in [2.45, 2.75) is 19.3 Å². The van der Waals surface area contributed by atoms with Crippen molar-refractivity contribution in [2.75, 3.05) is 12.3 Å². The molecule has 0 aliphatic rings. The Kier molecular flexibility index (Phi) is 4.87. The number of aryl methyl sites for hydroxylation is 1. The molecule has 4 nitrogen and oxygen atoms in total. The second-order valence-electron chi connectivity index (χ2n) is 3.50. The van der Waals surface area contributed by atoms with Crippen LogP contribution < -0.4 is 11.1 Å². The van der Waals surface area contributed by atoms with Crippen LogP contribution in [0, 0.1) is 11.3 Å². The minimum Gasteiger partial charge on any atom is -0.399 e. The van der Waals surface area contributed by atoms with Crippen LogP contribution in [0.1, 0.15) is 18.4 Å². The normalized spacial score (nSPS) is 9.44. The molecule has 1 aromatic rings. The summed E-state index contributed by atoms with van der Waals surface area (Å²) in [6, 6.07) is 9.45. The zero-order valence-electron chi connectivity index (χ0n) is 9.07. The first kappa shape index (κ1) is 12.1. The van der Waals surface area contributed by atoms with E-state index in [2.05, 4.69) is 5.32 Å². The molecule has 3 N–H and O–H groups in total. The maximum Gasteiger partial charge on any atom is 0.220 e. The van der Waals surface area contributed by atoms with E-state index in [-0.39, 0.29) is 5.91 Å². The SMILES string of the molecule is N#CCCNC(=O)CCc1ccc(N)cc1. The van der Waals surface area contributed by atoms with E-state index in [0.29, 0.717) is 25.8 Å². The zero-order chi connectivity index (χ0) is 11.8. The topological polar surface area (TPSA) is 78.9 Å². The fraction of sp³-hybridized carbons (Fsp3) is 0.333. The number of nitriles is 1. The Morgan fingerprint density at radius 1 is 1.38 bits per heavy atom. The predicted octanol–water partition coefficient (Wildman–Crippen LogP) is 1.23. The monoisotopic (exact) mass is 217 g/mol. The average molecular weight is 217 g/mol. The van der Waals surface area contributed by atoms with E-state index in [1.807, 2.05) is 30.3 Å². The molecule has 0 heterocycles. The summed E-state index contributed by atoms with van der Waals surface area (Å²) in [6.45, 7) is 0.428. The average Bonchev–Trinajstić information content (AvgIpc) is 2.29. The van der Waals surface area contributed by atoms with Crippen LogP contribution in [0.3, 0.4) is 0 Å². The lowest BCUT2D eigenvalue weighted by atomic mass is 10.1. The number of benzene rings is 1. The number of nitrogens with one attached hydrogen (secondary N) is 1. The van der Waals surface area contributed by atoms with E-state index in [4.69, 9.17) is 11.0 Å². The second kappa shape index (κ2) is 6.46. The molecule has 1 aromatic carbocycles. The van der Waals surface area contributed by atoms with Gasteiger partial charge in [-0.2, -0.15) is 5.26 Å². The molecule has 0 saturated heterocycles. The van der Waals surface area contributed by atoms with Gasteiger partial charge in [0.25, 0.3) is 0 Å². The molecule has 1 rings (SSSR count). The van der Waals surface area contributed by atoms with Gasteiger partial charge < -0.3 is 11.1 Å². The Labute approximate surface area is 95.1 Å². The summed E-state index contributed by atoms with van der Waals surface area (Å²) >= 11 is 0. The third-order valence-corrected chi connectivity index (χ3v) is 2.18. The number of hydrogen-bond donors (Lipinski definition) is 2. The van der Waals surface area contributed by atoms with Crippen molar-refractivity contribution < 1.29 is 4.79 Å². The Hall–Kier alpha value is -2.02. The van der Waals surface area contributed by atoms with Gasteiger partial charge in [-0.1, -0.05) is 12.1 Å². The van der Waals surface area contributed by atoms with Crippen molar-refractivity contribution in [3.63, 3.8) is 0 Å². The summed E-state index contributed by atoms with van der Waals surface area (Å²) in [6.07, 6.45) is 1.49. The molecule has 4 heteroatoms. The first-order valence-corrected chi connectivity index (χ1v) is 5.20. The van der Waals surface area contributed by atoms with Gasteiger partial charge in [0.1, 0.15) is 0 Å². The largest absolute Gasteiger partial charge is 0.399 e. The third-order valence-electron chi connectivity index (χ3n) is 2.18. The number of rotatable bonds is 5. The van der Waals surface area contributed by atoms with Crippen molar-refractivity contribution in [1.29, 1.82) is 5.26 Å². The molecule has 0 aromatic heterocycles. The highest BCUT2D eigenvalue weighted by Gasteiger charge is 2.01. The minimum atomic E-state index is -0.0212. The number of nitrogen functional groups attached to an aromatic ring is 1. The summed E-state index contributed by atoms with van der Waals surface area (Å²) in [5.41, 5.74) is 7.37. The number of nitrogens with two attached hydrogens (primary N) is 1. The smallest absolute Gasteiger partial charge is 0.220 e. The van der Waals surface area contributed by atoms with Gasteiger partial charge >= 0.3 is 0 Å². The van der Waals surface area contributed by atoms with E-state index in [9.17, 15) is 4.79 Å². The third kappa shape index (κ3) is 4.47. The standard InChI is InChI=1S/C12H15N3O/c13-8-1-9-15-12(16)7-4-10-2-5-11(14)6-3-10/h2-3,5-6H,1,4,7,9,14H2,(H,15,16). The van der Waals surface area contributed by atoms with Gasteiger partial charge in [0, 0.05) is 18.7 Å². The maximum atomic E-state index is 11.3. The number of nitrogens with zero attached hydrogens (tertiary/aromatic N) is 1. The van der Waals surface area contributed by atoms with Crippen LogP contribution in [0.2, 0.25) is 0 Å². The van der Waals surface area contributed by atoms with E-state index in [1.54, 1.807) is 0 Å². The van der Waals surface area contributed by atoms with Crippen molar-refractivity contribution in [2.24, 2.45) is 0 Å². The van der Waals surface area contributed by atoms with Gasteiger partial charge in [-0.3, -0.25) is 4.79 Å². The lowest BCUT2D eigenvalue weighted by molar-refractivity contribution is -0.121. The number of carbonyl (C=O) groups is 1. The summed E-state index contributed by atoms with van der Waals surface area (Å²) in [7, 11) is 0. The Balaban J connectivity index is 2.26. The molecule has 0 fully saturated rings. The van der Waals surface area contributed by atoms with Crippen LogP contribution in [0.4, 0.5) is 5.69 Å². The zero-order valence-corrected chi connectivity index (χ0v) is 9.07. The molecule has 84 valence electrons. The fourth-order valence-electron chi connectivity index (χ4n) is 1.29. The van der Waals surface area contributed by atoms with Crippen LogP contribution >= 0.6 is 0 Å². The first-order chi connectivity index (χ1) is 7.72. The van der Waals surface area contributed by atoms with Gasteiger partial charge in [0.2, 0.25) is 5.91 Å². The lowest BCUT2D eigenvalue weighted by Gasteiger charge is -2.03. The minimum absolute atomic E-state index is 0.0212. The quantitative estimate of drug-likeness (QED) is 0.575. The van der Waals surface area contributed by atoms with Gasteiger partial charge in [0.05, 0.1) is 12.5 Å². The number of carbonyl (C=O) groups excluding carboxylic acids is 1. The van der Waals surface area contributed by atoms with E-state index in [1.165, 1.54) is 0 Å². The van der Waals surface area contributed by atoms with Crippen LogP contribution in [0.25, 0.3) is 0 Å². The maximum absolute atomic E-state index is 11.3. The van der Waals surface area contributed by atoms with Gasteiger partial charge in [-0.15, -0.1) is 0 Å². The molecule has 0 saturated carbocycles. The highest BCUT2D eigenvalue weighted by atomic mass is 16.1. The molecule has 0 spiro atoms. The van der Waals surface area contributed by atoms with Crippen molar-refractivity contribution >= 4 is 11.6 Å². The van der Waals surface area contributed by atoms with Gasteiger partial charge in [-0.25, -0.2) is 0 Å². The predicted molar refractivity (Wildman–Crippen MR) is 62.4 cm³/mol. The fourth-order valence-corrected chi connectivity index (χ4v) is 1.29. The molecule has 16 heavy (non-hydrogen) atoms. The molecule has 0 atom stereocenters. The summed E-state index contributed by atoms with van der Waals surface area (Å²) < 4.78 is 0. The van der Waals surface area contributed by atoms with Crippen LogP contribution in [-0.2, 0) is 11.2 Å². The van der Waals surface area contributed by atoms with Gasteiger partial charge in [-0.05, 0) is 24.1 Å². The first-order valence-electron chi connectivity index (χ1n) is 5.20. The summed E-state index contributed by atoms with van der Waals surface area (Å²) in [4.78, 5) is 11.3. The van der Waals surface area contributed by atoms with Crippen LogP contribution in [0.15, 0.2) is 24.3 Å². The Morgan fingerprint density at radius 3 is 2.69 bits per heavy atom. The molecular formula is C12H15N3O. The second-order valence-corrected chi connectivity index (χ2v) is 3.50. The van der Waals surface area contributed by atoms with Crippen LogP contribution in [0.5, 0.6) is 0 Å². The van der Waals surface area contributed by atoms with Crippen LogP contribution in [-0.4, -0.2) is 12.5 Å². The Bertz CT molecular complexity index is 378. The molecule has 0 unspecified atom stereocenters. The van der Waals surface area contributed by atoms with E-state index in [0.717, 1.165) is 11.3 Å². The highest BCUT2D eigenvalue weighted by molar-refractivity contribution is 5.76.